The van der Waals surface area contributed by atoms with Gasteiger partial charge in [0.05, 0.1) is 24.5 Å². The molecule has 5 nitrogen and oxygen atoms in total. The summed E-state index contributed by atoms with van der Waals surface area (Å²) >= 11 is 0. The van der Waals surface area contributed by atoms with Crippen molar-refractivity contribution in [1.82, 2.24) is 10.3 Å². The van der Waals surface area contributed by atoms with E-state index in [-0.39, 0.29) is 12.1 Å². The molecule has 2 rings (SSSR count). The standard InChI is InChI=1S/C16H19N3O2/c1-11-7-8-15(21-3)14(10-11)19-16(20)18-12(2)13-6-4-5-9-17-13/h4-10,12H,1-3H3,(H2,18,19,20). The molecule has 1 atom stereocenters. The van der Waals surface area contributed by atoms with E-state index in [1.807, 2.05) is 50.2 Å². The first kappa shape index (κ1) is 14.8. The Morgan fingerprint density at radius 1 is 1.29 bits per heavy atom. The zero-order chi connectivity index (χ0) is 15.2. The molecule has 1 aromatic heterocycles. The normalized spacial score (nSPS) is 11.6. The molecule has 1 heterocycles. The monoisotopic (exact) mass is 285 g/mol. The maximum absolute atomic E-state index is 12.1. The molecule has 0 saturated carbocycles. The van der Waals surface area contributed by atoms with Crippen LogP contribution in [0.3, 0.4) is 0 Å². The quantitative estimate of drug-likeness (QED) is 0.906. The summed E-state index contributed by atoms with van der Waals surface area (Å²) in [4.78, 5) is 16.3. The summed E-state index contributed by atoms with van der Waals surface area (Å²) in [5.74, 6) is 0.626. The molecule has 0 bridgehead atoms. The Bertz CT molecular complexity index is 614. The van der Waals surface area contributed by atoms with Crippen molar-refractivity contribution in [2.75, 3.05) is 12.4 Å². The van der Waals surface area contributed by atoms with Gasteiger partial charge in [-0.2, -0.15) is 0 Å². The number of anilines is 1. The summed E-state index contributed by atoms with van der Waals surface area (Å²) in [5, 5.41) is 5.65. The minimum absolute atomic E-state index is 0.179. The van der Waals surface area contributed by atoms with Crippen LogP contribution in [-0.4, -0.2) is 18.1 Å². The van der Waals surface area contributed by atoms with Crippen molar-refractivity contribution < 1.29 is 9.53 Å². The number of hydrogen-bond donors (Lipinski definition) is 2. The molecule has 110 valence electrons. The number of rotatable bonds is 4. The number of pyridine rings is 1. The zero-order valence-electron chi connectivity index (χ0n) is 12.4. The average Bonchev–Trinajstić information content (AvgIpc) is 2.48. The topological polar surface area (TPSA) is 63.2 Å². The number of urea groups is 1. The number of aryl methyl sites for hydroxylation is 1. The Hall–Kier alpha value is -2.56. The smallest absolute Gasteiger partial charge is 0.319 e. The molecule has 0 fully saturated rings. The molecule has 0 aliphatic rings. The second-order valence-corrected chi connectivity index (χ2v) is 4.78. The average molecular weight is 285 g/mol. The second kappa shape index (κ2) is 6.74. The predicted octanol–water partition coefficient (Wildman–Crippen LogP) is 3.28. The number of carbonyl (C=O) groups is 1. The number of nitrogens with one attached hydrogen (secondary N) is 2. The zero-order valence-corrected chi connectivity index (χ0v) is 12.4. The maximum atomic E-state index is 12.1. The molecule has 0 radical (unpaired) electrons. The minimum atomic E-state index is -0.294. The Labute approximate surface area is 124 Å². The van der Waals surface area contributed by atoms with Gasteiger partial charge in [-0.1, -0.05) is 12.1 Å². The maximum Gasteiger partial charge on any atom is 0.319 e. The van der Waals surface area contributed by atoms with Gasteiger partial charge in [0.2, 0.25) is 0 Å². The number of nitrogens with zero attached hydrogens (tertiary/aromatic N) is 1. The molecule has 2 aromatic rings. The Morgan fingerprint density at radius 2 is 2.10 bits per heavy atom. The van der Waals surface area contributed by atoms with E-state index in [2.05, 4.69) is 15.6 Å². The number of carbonyl (C=O) groups excluding carboxylic acids is 1. The van der Waals surface area contributed by atoms with Crippen LogP contribution < -0.4 is 15.4 Å². The van der Waals surface area contributed by atoms with Crippen LogP contribution in [0.15, 0.2) is 42.6 Å². The van der Waals surface area contributed by atoms with Crippen LogP contribution in [0.4, 0.5) is 10.5 Å². The summed E-state index contributed by atoms with van der Waals surface area (Å²) in [5.41, 5.74) is 2.50. The SMILES string of the molecule is COc1ccc(C)cc1NC(=O)NC(C)c1ccccn1. The largest absolute Gasteiger partial charge is 0.495 e. The summed E-state index contributed by atoms with van der Waals surface area (Å²) in [6, 6.07) is 10.8. The van der Waals surface area contributed by atoms with E-state index in [1.54, 1.807) is 13.3 Å². The van der Waals surface area contributed by atoms with Crippen LogP contribution >= 0.6 is 0 Å². The first-order valence-corrected chi connectivity index (χ1v) is 6.73. The van der Waals surface area contributed by atoms with Gasteiger partial charge in [0, 0.05) is 6.20 Å². The fraction of sp³-hybridized carbons (Fsp3) is 0.250. The van der Waals surface area contributed by atoms with E-state index in [1.165, 1.54) is 0 Å². The van der Waals surface area contributed by atoms with Crippen molar-refractivity contribution >= 4 is 11.7 Å². The number of hydrogen-bond acceptors (Lipinski definition) is 3. The van der Waals surface area contributed by atoms with Gasteiger partial charge in [0.25, 0.3) is 0 Å². The highest BCUT2D eigenvalue weighted by molar-refractivity contribution is 5.91. The number of amides is 2. The van der Waals surface area contributed by atoms with Gasteiger partial charge in [0.15, 0.2) is 0 Å². The van der Waals surface area contributed by atoms with Crippen LogP contribution in [0.2, 0.25) is 0 Å². The van der Waals surface area contributed by atoms with Crippen molar-refractivity contribution in [2.45, 2.75) is 19.9 Å². The third-order valence-corrected chi connectivity index (χ3v) is 3.08. The van der Waals surface area contributed by atoms with E-state index < -0.39 is 0 Å². The van der Waals surface area contributed by atoms with Crippen molar-refractivity contribution in [1.29, 1.82) is 0 Å². The van der Waals surface area contributed by atoms with E-state index in [0.29, 0.717) is 11.4 Å². The lowest BCUT2D eigenvalue weighted by atomic mass is 10.2. The van der Waals surface area contributed by atoms with Gasteiger partial charge >= 0.3 is 6.03 Å². The lowest BCUT2D eigenvalue weighted by Crippen LogP contribution is -2.31. The van der Waals surface area contributed by atoms with Gasteiger partial charge in [-0.15, -0.1) is 0 Å². The minimum Gasteiger partial charge on any atom is -0.495 e. The van der Waals surface area contributed by atoms with Crippen LogP contribution in [0, 0.1) is 6.92 Å². The summed E-state index contributed by atoms with van der Waals surface area (Å²) in [6.07, 6.45) is 1.70. The fourth-order valence-corrected chi connectivity index (χ4v) is 1.98. The van der Waals surface area contributed by atoms with Crippen LogP contribution in [-0.2, 0) is 0 Å². The summed E-state index contributed by atoms with van der Waals surface area (Å²) in [6.45, 7) is 3.84. The summed E-state index contributed by atoms with van der Waals surface area (Å²) in [7, 11) is 1.57. The second-order valence-electron chi connectivity index (χ2n) is 4.78. The molecule has 21 heavy (non-hydrogen) atoms. The third-order valence-electron chi connectivity index (χ3n) is 3.08. The van der Waals surface area contributed by atoms with E-state index in [9.17, 15) is 4.79 Å². The van der Waals surface area contributed by atoms with Gasteiger partial charge < -0.3 is 15.4 Å². The molecule has 0 saturated heterocycles. The van der Waals surface area contributed by atoms with Crippen LogP contribution in [0.5, 0.6) is 5.75 Å². The van der Waals surface area contributed by atoms with Gasteiger partial charge in [0.1, 0.15) is 5.75 Å². The Kier molecular flexibility index (Phi) is 4.77. The number of benzene rings is 1. The molecule has 2 N–H and O–H groups in total. The Balaban J connectivity index is 2.04. The lowest BCUT2D eigenvalue weighted by Gasteiger charge is -2.15. The van der Waals surface area contributed by atoms with Gasteiger partial charge in [-0.05, 0) is 43.7 Å². The first-order chi connectivity index (χ1) is 10.1. The van der Waals surface area contributed by atoms with Crippen LogP contribution in [0.25, 0.3) is 0 Å². The van der Waals surface area contributed by atoms with Crippen molar-refractivity contribution in [3.63, 3.8) is 0 Å². The fourth-order valence-electron chi connectivity index (χ4n) is 1.98. The highest BCUT2D eigenvalue weighted by atomic mass is 16.5. The lowest BCUT2D eigenvalue weighted by molar-refractivity contribution is 0.249. The third kappa shape index (κ3) is 3.95. The molecule has 1 unspecified atom stereocenters. The number of ether oxygens (including phenoxy) is 1. The van der Waals surface area contributed by atoms with Crippen molar-refractivity contribution in [3.8, 4) is 5.75 Å². The van der Waals surface area contributed by atoms with Crippen molar-refractivity contribution in [2.24, 2.45) is 0 Å². The van der Waals surface area contributed by atoms with Gasteiger partial charge in [-0.25, -0.2) is 4.79 Å². The number of aromatic nitrogens is 1. The molecular formula is C16H19N3O2. The first-order valence-electron chi connectivity index (χ1n) is 6.73. The number of methoxy groups -OCH3 is 1. The van der Waals surface area contributed by atoms with Crippen LogP contribution in [0.1, 0.15) is 24.2 Å². The molecular weight excluding hydrogens is 266 g/mol. The Morgan fingerprint density at radius 3 is 2.76 bits per heavy atom. The van der Waals surface area contributed by atoms with E-state index in [0.717, 1.165) is 11.3 Å². The molecule has 0 aliphatic carbocycles. The highest BCUT2D eigenvalue weighted by Gasteiger charge is 2.12. The summed E-state index contributed by atoms with van der Waals surface area (Å²) < 4.78 is 5.24. The molecule has 1 aromatic carbocycles. The molecule has 2 amide bonds. The highest BCUT2D eigenvalue weighted by Crippen LogP contribution is 2.25. The molecule has 5 heteroatoms. The molecule has 0 spiro atoms. The van der Waals surface area contributed by atoms with E-state index >= 15 is 0 Å². The van der Waals surface area contributed by atoms with Crippen molar-refractivity contribution in [3.05, 3.63) is 53.9 Å². The predicted molar refractivity (Wildman–Crippen MR) is 82.5 cm³/mol. The molecule has 0 aliphatic heterocycles. The van der Waals surface area contributed by atoms with E-state index in [4.69, 9.17) is 4.74 Å². The van der Waals surface area contributed by atoms with Gasteiger partial charge in [-0.3, -0.25) is 4.98 Å².